The van der Waals surface area contributed by atoms with E-state index < -0.39 is 0 Å². The Balaban J connectivity index is 1.46. The Hall–Kier alpha value is -1.47. The van der Waals surface area contributed by atoms with Crippen molar-refractivity contribution in [1.82, 2.24) is 9.80 Å². The Kier molecular flexibility index (Phi) is 6.42. The fourth-order valence-electron chi connectivity index (χ4n) is 3.53. The molecule has 2 saturated heterocycles. The fourth-order valence-corrected chi connectivity index (χ4v) is 3.53. The number of nitrogens with zero attached hydrogens (tertiary/aromatic N) is 2. The Morgan fingerprint density at radius 2 is 1.72 bits per heavy atom. The van der Waals surface area contributed by atoms with Gasteiger partial charge in [0.15, 0.2) is 0 Å². The fraction of sp³-hybridized carbons (Fsp3) is 0.632. The van der Waals surface area contributed by atoms with E-state index in [0.717, 1.165) is 51.6 Å². The first-order valence-electron chi connectivity index (χ1n) is 9.15. The number of carbonyl (C=O) groups excluding carboxylic acids is 1. The highest BCUT2D eigenvalue weighted by atomic mass is 16.5. The van der Waals surface area contributed by atoms with Crippen LogP contribution in [0.25, 0.3) is 0 Å². The van der Waals surface area contributed by atoms with Crippen molar-refractivity contribution in [3.05, 3.63) is 29.8 Å². The van der Waals surface area contributed by atoms with Crippen molar-refractivity contribution in [3.63, 3.8) is 0 Å². The number of ether oxygens (including phenoxy) is 2. The molecule has 1 aromatic rings. The van der Waals surface area contributed by atoms with Gasteiger partial charge in [0.05, 0.1) is 32.0 Å². The van der Waals surface area contributed by atoms with Crippen LogP contribution in [0.1, 0.15) is 19.4 Å². The summed E-state index contributed by atoms with van der Waals surface area (Å²) in [4.78, 5) is 16.8. The summed E-state index contributed by atoms with van der Waals surface area (Å²) in [6.45, 7) is 10.6. The number of hydrogen-bond donors (Lipinski definition) is 1. The lowest BCUT2D eigenvalue weighted by molar-refractivity contribution is -0.121. The Labute approximate surface area is 150 Å². The highest BCUT2D eigenvalue weighted by Crippen LogP contribution is 2.14. The molecule has 0 aliphatic carbocycles. The lowest BCUT2D eigenvalue weighted by atomic mass is 10.2. The summed E-state index contributed by atoms with van der Waals surface area (Å²) in [5.74, 6) is 0.0298. The molecule has 3 rings (SSSR count). The molecule has 0 spiro atoms. The van der Waals surface area contributed by atoms with Crippen molar-refractivity contribution in [2.45, 2.75) is 32.6 Å². The first-order chi connectivity index (χ1) is 12.1. The molecule has 0 saturated carbocycles. The molecule has 25 heavy (non-hydrogen) atoms. The number of anilines is 1. The minimum Gasteiger partial charge on any atom is -0.379 e. The zero-order valence-corrected chi connectivity index (χ0v) is 15.2. The van der Waals surface area contributed by atoms with Gasteiger partial charge < -0.3 is 14.8 Å². The van der Waals surface area contributed by atoms with Gasteiger partial charge in [-0.25, -0.2) is 0 Å². The molecule has 0 aromatic heterocycles. The molecule has 2 aliphatic heterocycles. The summed E-state index contributed by atoms with van der Waals surface area (Å²) in [5.41, 5.74) is 2.11. The number of hydrogen-bond acceptors (Lipinski definition) is 5. The minimum absolute atomic E-state index is 0.0298. The van der Waals surface area contributed by atoms with Gasteiger partial charge in [-0.2, -0.15) is 0 Å². The van der Waals surface area contributed by atoms with E-state index in [-0.39, 0.29) is 18.1 Å². The molecular formula is C19H29N3O3. The van der Waals surface area contributed by atoms with Gasteiger partial charge >= 0.3 is 0 Å². The zero-order chi connectivity index (χ0) is 17.6. The van der Waals surface area contributed by atoms with Crippen LogP contribution in [0.2, 0.25) is 0 Å². The van der Waals surface area contributed by atoms with Crippen molar-refractivity contribution in [2.24, 2.45) is 0 Å². The third-order valence-electron chi connectivity index (χ3n) is 4.61. The van der Waals surface area contributed by atoms with Crippen LogP contribution in [0.5, 0.6) is 0 Å². The van der Waals surface area contributed by atoms with Crippen molar-refractivity contribution < 1.29 is 14.3 Å². The molecule has 0 radical (unpaired) electrons. The number of nitrogens with one attached hydrogen (secondary N) is 1. The van der Waals surface area contributed by atoms with Gasteiger partial charge in [-0.1, -0.05) is 12.1 Å². The molecule has 2 heterocycles. The normalized spacial score (nSPS) is 25.7. The molecule has 0 bridgehead atoms. The third kappa shape index (κ3) is 5.78. The predicted molar refractivity (Wildman–Crippen MR) is 97.6 cm³/mol. The molecule has 2 aliphatic rings. The van der Waals surface area contributed by atoms with Crippen LogP contribution in [0.3, 0.4) is 0 Å². The van der Waals surface area contributed by atoms with Crippen LogP contribution in [0.4, 0.5) is 5.69 Å². The van der Waals surface area contributed by atoms with E-state index in [1.165, 1.54) is 5.56 Å². The standard InChI is InChI=1S/C19H29N3O3/c1-15-11-22(12-16(2)25-15)14-19(23)20-18-5-3-17(4-6-18)13-21-7-9-24-10-8-21/h3-6,15-16H,7-14H2,1-2H3,(H,20,23)/t15-,16-/m0/s1. The molecule has 2 atom stereocenters. The maximum atomic E-state index is 12.3. The van der Waals surface area contributed by atoms with Crippen LogP contribution in [-0.4, -0.2) is 73.9 Å². The highest BCUT2D eigenvalue weighted by molar-refractivity contribution is 5.92. The highest BCUT2D eigenvalue weighted by Gasteiger charge is 2.23. The maximum absolute atomic E-state index is 12.3. The molecular weight excluding hydrogens is 318 g/mol. The molecule has 0 unspecified atom stereocenters. The Morgan fingerprint density at radius 3 is 2.36 bits per heavy atom. The SMILES string of the molecule is C[C@H]1CN(CC(=O)Nc2ccc(CN3CCOCC3)cc2)C[C@H](C)O1. The predicted octanol–water partition coefficient (Wildman–Crippen LogP) is 1.57. The number of benzene rings is 1. The van der Waals surface area contributed by atoms with Gasteiger partial charge in [-0.15, -0.1) is 0 Å². The molecule has 2 fully saturated rings. The number of amides is 1. The Bertz CT molecular complexity index is 548. The quantitative estimate of drug-likeness (QED) is 0.876. The van der Waals surface area contributed by atoms with Gasteiger partial charge in [0.2, 0.25) is 5.91 Å². The summed E-state index contributed by atoms with van der Waals surface area (Å²) < 4.78 is 11.1. The summed E-state index contributed by atoms with van der Waals surface area (Å²) in [6, 6.07) is 8.14. The average Bonchev–Trinajstić information content (AvgIpc) is 2.56. The van der Waals surface area contributed by atoms with Crippen LogP contribution in [0, 0.1) is 0 Å². The minimum atomic E-state index is 0.0298. The number of carbonyl (C=O) groups is 1. The van der Waals surface area contributed by atoms with E-state index in [4.69, 9.17) is 9.47 Å². The van der Waals surface area contributed by atoms with Gasteiger partial charge in [0.25, 0.3) is 0 Å². The summed E-state index contributed by atoms with van der Waals surface area (Å²) >= 11 is 0. The monoisotopic (exact) mass is 347 g/mol. The van der Waals surface area contributed by atoms with Crippen molar-refractivity contribution in [2.75, 3.05) is 51.3 Å². The van der Waals surface area contributed by atoms with E-state index >= 15 is 0 Å². The van der Waals surface area contributed by atoms with E-state index in [9.17, 15) is 4.79 Å². The molecule has 1 aromatic carbocycles. The van der Waals surface area contributed by atoms with Crippen LogP contribution in [0.15, 0.2) is 24.3 Å². The van der Waals surface area contributed by atoms with Gasteiger partial charge in [0, 0.05) is 38.4 Å². The third-order valence-corrected chi connectivity index (χ3v) is 4.61. The van der Waals surface area contributed by atoms with Crippen LogP contribution < -0.4 is 5.32 Å². The first-order valence-corrected chi connectivity index (χ1v) is 9.15. The lowest BCUT2D eigenvalue weighted by Gasteiger charge is -2.34. The topological polar surface area (TPSA) is 54.0 Å². The summed E-state index contributed by atoms with van der Waals surface area (Å²) in [5, 5.41) is 2.99. The van der Waals surface area contributed by atoms with Crippen LogP contribution >= 0.6 is 0 Å². The largest absolute Gasteiger partial charge is 0.379 e. The smallest absolute Gasteiger partial charge is 0.238 e. The second-order valence-corrected chi connectivity index (χ2v) is 7.09. The second kappa shape index (κ2) is 8.76. The molecule has 6 nitrogen and oxygen atoms in total. The lowest BCUT2D eigenvalue weighted by Crippen LogP contribution is -2.48. The zero-order valence-electron chi connectivity index (χ0n) is 15.2. The van der Waals surface area contributed by atoms with E-state index in [2.05, 4.69) is 27.2 Å². The van der Waals surface area contributed by atoms with Crippen molar-refractivity contribution in [1.29, 1.82) is 0 Å². The number of rotatable bonds is 5. The Morgan fingerprint density at radius 1 is 1.08 bits per heavy atom. The first kappa shape index (κ1) is 18.3. The van der Waals surface area contributed by atoms with Crippen molar-refractivity contribution >= 4 is 11.6 Å². The molecule has 6 heteroatoms. The average molecular weight is 347 g/mol. The second-order valence-electron chi connectivity index (χ2n) is 7.09. The molecule has 1 N–H and O–H groups in total. The van der Waals surface area contributed by atoms with E-state index in [0.29, 0.717) is 6.54 Å². The summed E-state index contributed by atoms with van der Waals surface area (Å²) in [6.07, 6.45) is 0.354. The summed E-state index contributed by atoms with van der Waals surface area (Å²) in [7, 11) is 0. The van der Waals surface area contributed by atoms with Gasteiger partial charge in [-0.05, 0) is 31.5 Å². The van der Waals surface area contributed by atoms with E-state index in [1.54, 1.807) is 0 Å². The van der Waals surface area contributed by atoms with Crippen molar-refractivity contribution in [3.8, 4) is 0 Å². The molecule has 1 amide bonds. The van der Waals surface area contributed by atoms with Gasteiger partial charge in [0.1, 0.15) is 0 Å². The number of morpholine rings is 2. The van der Waals surface area contributed by atoms with E-state index in [1.807, 2.05) is 26.0 Å². The van der Waals surface area contributed by atoms with Gasteiger partial charge in [-0.3, -0.25) is 14.6 Å². The van der Waals surface area contributed by atoms with Crippen LogP contribution in [-0.2, 0) is 20.8 Å². The molecule has 138 valence electrons. The maximum Gasteiger partial charge on any atom is 0.238 e.